The highest BCUT2D eigenvalue weighted by Gasteiger charge is 2.14. The largest absolute Gasteiger partial charge is 0.489 e. The number of benzene rings is 1. The summed E-state index contributed by atoms with van der Waals surface area (Å²) in [6.45, 7) is 11.6. The van der Waals surface area contributed by atoms with Gasteiger partial charge in [0.15, 0.2) is 0 Å². The van der Waals surface area contributed by atoms with Crippen LogP contribution in [0, 0.1) is 0 Å². The molecule has 4 nitrogen and oxygen atoms in total. The van der Waals surface area contributed by atoms with Crippen molar-refractivity contribution < 1.29 is 9.47 Å². The summed E-state index contributed by atoms with van der Waals surface area (Å²) in [5.41, 5.74) is 1.08. The van der Waals surface area contributed by atoms with Crippen molar-refractivity contribution in [2.45, 2.75) is 32.8 Å². The van der Waals surface area contributed by atoms with E-state index in [1.54, 1.807) is 0 Å². The average Bonchev–Trinajstić information content (AvgIpc) is 2.72. The fourth-order valence-electron chi connectivity index (χ4n) is 2.43. The maximum Gasteiger partial charge on any atom is 0.142 e. The minimum atomic E-state index is -0.112. The first-order valence-electron chi connectivity index (χ1n) is 7.88. The van der Waals surface area contributed by atoms with Gasteiger partial charge >= 0.3 is 0 Å². The topological polar surface area (TPSA) is 33.7 Å². The molecule has 0 saturated carbocycles. The van der Waals surface area contributed by atoms with Crippen molar-refractivity contribution in [3.05, 3.63) is 24.3 Å². The molecule has 21 heavy (non-hydrogen) atoms. The second-order valence-corrected chi connectivity index (χ2v) is 6.37. The molecule has 4 heteroatoms. The van der Waals surface area contributed by atoms with Crippen molar-refractivity contribution in [1.82, 2.24) is 5.32 Å². The summed E-state index contributed by atoms with van der Waals surface area (Å²) >= 11 is 0. The highest BCUT2D eigenvalue weighted by molar-refractivity contribution is 5.58. The summed E-state index contributed by atoms with van der Waals surface area (Å²) in [6.07, 6.45) is 1.17. The van der Waals surface area contributed by atoms with Gasteiger partial charge in [0.1, 0.15) is 12.4 Å². The van der Waals surface area contributed by atoms with Crippen LogP contribution in [-0.4, -0.2) is 45.0 Å². The Bertz CT molecular complexity index is 421. The van der Waals surface area contributed by atoms with Crippen LogP contribution < -0.4 is 15.0 Å². The van der Waals surface area contributed by atoms with Gasteiger partial charge in [-0.15, -0.1) is 0 Å². The molecule has 1 heterocycles. The molecule has 1 aliphatic rings. The molecule has 1 saturated heterocycles. The van der Waals surface area contributed by atoms with E-state index in [0.29, 0.717) is 13.2 Å². The normalized spacial score (nSPS) is 16.6. The van der Waals surface area contributed by atoms with Gasteiger partial charge in [0, 0.05) is 19.6 Å². The fraction of sp³-hybridized carbons (Fsp3) is 0.647. The zero-order valence-electron chi connectivity index (χ0n) is 13.5. The van der Waals surface area contributed by atoms with Crippen molar-refractivity contribution in [2.24, 2.45) is 0 Å². The predicted octanol–water partition coefficient (Wildman–Crippen LogP) is 2.68. The van der Waals surface area contributed by atoms with Gasteiger partial charge in [-0.3, -0.25) is 0 Å². The number of hydrogen-bond donors (Lipinski definition) is 1. The lowest BCUT2D eigenvalue weighted by molar-refractivity contribution is -0.0162. The minimum absolute atomic E-state index is 0.112. The first-order chi connectivity index (χ1) is 10.1. The summed E-state index contributed by atoms with van der Waals surface area (Å²) in [5, 5.41) is 3.43. The summed E-state index contributed by atoms with van der Waals surface area (Å²) < 4.78 is 11.6. The van der Waals surface area contributed by atoms with E-state index < -0.39 is 0 Å². The first-order valence-corrected chi connectivity index (χ1v) is 7.88. The van der Waals surface area contributed by atoms with Crippen molar-refractivity contribution in [2.75, 3.05) is 44.3 Å². The smallest absolute Gasteiger partial charge is 0.142 e. The first kappa shape index (κ1) is 16.1. The van der Waals surface area contributed by atoms with Gasteiger partial charge in [-0.25, -0.2) is 0 Å². The molecular weight excluding hydrogens is 264 g/mol. The molecule has 0 spiro atoms. The third-order valence-electron chi connectivity index (χ3n) is 3.42. The van der Waals surface area contributed by atoms with Crippen LogP contribution in [-0.2, 0) is 4.74 Å². The molecule has 0 radical (unpaired) electrons. The number of anilines is 1. The SMILES string of the molecule is CC(C)(C)OCCOc1ccccc1N1CCCNCC1. The molecule has 118 valence electrons. The molecule has 1 aliphatic heterocycles. The monoisotopic (exact) mass is 292 g/mol. The van der Waals surface area contributed by atoms with Crippen LogP contribution in [0.15, 0.2) is 24.3 Å². The molecule has 0 unspecified atom stereocenters. The summed E-state index contributed by atoms with van der Waals surface area (Å²) in [7, 11) is 0. The summed E-state index contributed by atoms with van der Waals surface area (Å²) in [6, 6.07) is 8.29. The van der Waals surface area contributed by atoms with Gasteiger partial charge in [-0.2, -0.15) is 0 Å². The molecular formula is C17H28N2O2. The Morgan fingerprint density at radius 2 is 1.90 bits per heavy atom. The van der Waals surface area contributed by atoms with Crippen molar-refractivity contribution in [1.29, 1.82) is 0 Å². The molecule has 0 amide bonds. The average molecular weight is 292 g/mol. The maximum absolute atomic E-state index is 5.94. The van der Waals surface area contributed by atoms with Crippen LogP contribution in [0.5, 0.6) is 5.75 Å². The van der Waals surface area contributed by atoms with Gasteiger partial charge in [-0.1, -0.05) is 12.1 Å². The van der Waals surface area contributed by atoms with E-state index >= 15 is 0 Å². The summed E-state index contributed by atoms with van der Waals surface area (Å²) in [5.74, 6) is 0.955. The van der Waals surface area contributed by atoms with Crippen LogP contribution >= 0.6 is 0 Å². The van der Waals surface area contributed by atoms with E-state index in [1.807, 2.05) is 12.1 Å². The van der Waals surface area contributed by atoms with Crippen LogP contribution in [0.2, 0.25) is 0 Å². The molecule has 2 rings (SSSR count). The lowest BCUT2D eigenvalue weighted by Crippen LogP contribution is -2.28. The van der Waals surface area contributed by atoms with E-state index in [1.165, 1.54) is 12.1 Å². The van der Waals surface area contributed by atoms with Crippen LogP contribution in [0.4, 0.5) is 5.69 Å². The number of nitrogens with one attached hydrogen (secondary N) is 1. The lowest BCUT2D eigenvalue weighted by Gasteiger charge is -2.25. The minimum Gasteiger partial charge on any atom is -0.489 e. The van der Waals surface area contributed by atoms with Crippen molar-refractivity contribution in [3.63, 3.8) is 0 Å². The zero-order chi connectivity index (χ0) is 15.1. The van der Waals surface area contributed by atoms with Gasteiger partial charge in [0.05, 0.1) is 17.9 Å². The van der Waals surface area contributed by atoms with Crippen LogP contribution in [0.25, 0.3) is 0 Å². The maximum atomic E-state index is 5.94. The number of nitrogens with zero attached hydrogens (tertiary/aromatic N) is 1. The molecule has 0 bridgehead atoms. The lowest BCUT2D eigenvalue weighted by atomic mass is 10.2. The molecule has 1 aromatic rings. The standard InChI is InChI=1S/C17H28N2O2/c1-17(2,3)21-14-13-20-16-8-5-4-7-15(16)19-11-6-9-18-10-12-19/h4-5,7-8,18H,6,9-14H2,1-3H3. The van der Waals surface area contributed by atoms with Crippen molar-refractivity contribution in [3.8, 4) is 5.75 Å². The Kier molecular flexibility index (Phi) is 5.88. The number of ether oxygens (including phenoxy) is 2. The second kappa shape index (κ2) is 7.66. The van der Waals surface area contributed by atoms with Crippen molar-refractivity contribution >= 4 is 5.69 Å². The van der Waals surface area contributed by atoms with E-state index in [-0.39, 0.29) is 5.60 Å². The Balaban J connectivity index is 1.93. The van der Waals surface area contributed by atoms with Crippen LogP contribution in [0.1, 0.15) is 27.2 Å². The highest BCUT2D eigenvalue weighted by Crippen LogP contribution is 2.28. The van der Waals surface area contributed by atoms with E-state index in [2.05, 4.69) is 43.1 Å². The highest BCUT2D eigenvalue weighted by atomic mass is 16.5. The van der Waals surface area contributed by atoms with E-state index in [4.69, 9.17) is 9.47 Å². The van der Waals surface area contributed by atoms with Gasteiger partial charge in [0.25, 0.3) is 0 Å². The number of hydrogen-bond acceptors (Lipinski definition) is 4. The molecule has 1 N–H and O–H groups in total. The molecule has 0 aromatic heterocycles. The Morgan fingerprint density at radius 1 is 1.10 bits per heavy atom. The van der Waals surface area contributed by atoms with E-state index in [9.17, 15) is 0 Å². The predicted molar refractivity (Wildman–Crippen MR) is 87.3 cm³/mol. The zero-order valence-corrected chi connectivity index (χ0v) is 13.5. The van der Waals surface area contributed by atoms with E-state index in [0.717, 1.165) is 31.9 Å². The fourth-order valence-corrected chi connectivity index (χ4v) is 2.43. The van der Waals surface area contributed by atoms with Gasteiger partial charge < -0.3 is 19.7 Å². The second-order valence-electron chi connectivity index (χ2n) is 6.37. The Hall–Kier alpha value is -1.26. The third-order valence-corrected chi connectivity index (χ3v) is 3.42. The van der Waals surface area contributed by atoms with Crippen LogP contribution in [0.3, 0.4) is 0 Å². The summed E-state index contributed by atoms with van der Waals surface area (Å²) in [4.78, 5) is 2.40. The molecule has 0 aliphatic carbocycles. The number of rotatable bonds is 5. The third kappa shape index (κ3) is 5.56. The molecule has 0 atom stereocenters. The Morgan fingerprint density at radius 3 is 2.71 bits per heavy atom. The number of para-hydroxylation sites is 2. The van der Waals surface area contributed by atoms with Gasteiger partial charge in [0.2, 0.25) is 0 Å². The molecule has 1 fully saturated rings. The Labute approximate surface area is 128 Å². The molecule has 1 aromatic carbocycles. The quantitative estimate of drug-likeness (QED) is 0.846. The van der Waals surface area contributed by atoms with Gasteiger partial charge in [-0.05, 0) is 45.9 Å².